The maximum absolute atomic E-state index is 5.31. The van der Waals surface area contributed by atoms with E-state index in [1.807, 2.05) is 6.92 Å². The Balaban J connectivity index is 2.45. The van der Waals surface area contributed by atoms with Gasteiger partial charge >= 0.3 is 5.36 Å². The van der Waals surface area contributed by atoms with Crippen molar-refractivity contribution in [2.45, 2.75) is 13.0 Å². The molecule has 46 valence electrons. The average molecular weight is 136 g/mol. The number of hydrogen-bond donors (Lipinski definition) is 0. The van der Waals surface area contributed by atoms with Crippen LogP contribution in [0.5, 0.6) is 0 Å². The van der Waals surface area contributed by atoms with Crippen LogP contribution in [0.15, 0.2) is 5.16 Å². The van der Waals surface area contributed by atoms with E-state index in [2.05, 4.69) is 9.99 Å². The number of rotatable bonds is 0. The Bertz CT molecular complexity index is 115. The van der Waals surface area contributed by atoms with Gasteiger partial charge in [-0.05, 0) is 23.7 Å². The summed E-state index contributed by atoms with van der Waals surface area (Å²) in [5, 5.41) is 3.43. The highest BCUT2D eigenvalue weighted by atomic mass is 35.5. The first-order chi connectivity index (χ1) is 3.79. The van der Waals surface area contributed by atoms with Crippen LogP contribution in [0.2, 0.25) is 0 Å². The van der Waals surface area contributed by atoms with Gasteiger partial charge in [-0.3, -0.25) is 0 Å². The van der Waals surface area contributed by atoms with E-state index >= 15 is 0 Å². The molecular formula is C4H6ClNO2. The van der Waals surface area contributed by atoms with E-state index in [0.29, 0.717) is 6.61 Å². The van der Waals surface area contributed by atoms with Crippen LogP contribution in [0.1, 0.15) is 6.92 Å². The van der Waals surface area contributed by atoms with Crippen LogP contribution < -0.4 is 0 Å². The van der Waals surface area contributed by atoms with Crippen LogP contribution in [0.3, 0.4) is 0 Å². The topological polar surface area (TPSA) is 30.8 Å². The molecule has 0 amide bonds. The standard InChI is InChI=1S/C4H6ClNO2/c1-3-2-7-6-4(5)8-3/h3H,2H2,1H3. The molecule has 0 radical (unpaired) electrons. The van der Waals surface area contributed by atoms with Gasteiger partial charge in [0.1, 0.15) is 6.10 Å². The van der Waals surface area contributed by atoms with Gasteiger partial charge < -0.3 is 9.57 Å². The van der Waals surface area contributed by atoms with Crippen molar-refractivity contribution in [3.63, 3.8) is 0 Å². The summed E-state index contributed by atoms with van der Waals surface area (Å²) in [5.74, 6) is 0. The Kier molecular flexibility index (Phi) is 1.58. The Hall–Kier alpha value is -0.440. The van der Waals surface area contributed by atoms with Crippen molar-refractivity contribution in [3.8, 4) is 0 Å². The van der Waals surface area contributed by atoms with Crippen molar-refractivity contribution < 1.29 is 9.57 Å². The summed E-state index contributed by atoms with van der Waals surface area (Å²) < 4.78 is 4.88. The molecule has 0 saturated carbocycles. The molecule has 1 rings (SSSR count). The summed E-state index contributed by atoms with van der Waals surface area (Å²) in [6.07, 6.45) is 0.0278. The monoisotopic (exact) mass is 135 g/mol. The molecule has 0 N–H and O–H groups in total. The summed E-state index contributed by atoms with van der Waals surface area (Å²) in [5.41, 5.74) is 0. The summed E-state index contributed by atoms with van der Waals surface area (Å²) in [7, 11) is 0. The van der Waals surface area contributed by atoms with E-state index in [9.17, 15) is 0 Å². The quantitative estimate of drug-likeness (QED) is 0.495. The zero-order valence-electron chi connectivity index (χ0n) is 4.43. The fraction of sp³-hybridized carbons (Fsp3) is 0.750. The van der Waals surface area contributed by atoms with Gasteiger partial charge in [0.2, 0.25) is 0 Å². The molecule has 1 heterocycles. The highest BCUT2D eigenvalue weighted by molar-refractivity contribution is 6.62. The van der Waals surface area contributed by atoms with E-state index in [0.717, 1.165) is 0 Å². The molecule has 0 fully saturated rings. The molecule has 1 atom stereocenters. The second kappa shape index (κ2) is 2.22. The third kappa shape index (κ3) is 1.26. The minimum Gasteiger partial charge on any atom is -0.460 e. The molecule has 1 aliphatic rings. The summed E-state index contributed by atoms with van der Waals surface area (Å²) in [4.78, 5) is 4.62. The third-order valence-corrected chi connectivity index (χ3v) is 0.902. The second-order valence-electron chi connectivity index (χ2n) is 1.57. The lowest BCUT2D eigenvalue weighted by atomic mass is 10.4. The van der Waals surface area contributed by atoms with Crippen molar-refractivity contribution in [1.82, 2.24) is 0 Å². The van der Waals surface area contributed by atoms with Gasteiger partial charge in [0.15, 0.2) is 6.61 Å². The fourth-order valence-corrected chi connectivity index (χ4v) is 0.615. The molecular weight excluding hydrogens is 130 g/mol. The number of hydrogen-bond acceptors (Lipinski definition) is 3. The minimum absolute atomic E-state index is 0.0278. The van der Waals surface area contributed by atoms with E-state index in [4.69, 9.17) is 16.3 Å². The van der Waals surface area contributed by atoms with Gasteiger partial charge in [-0.2, -0.15) is 0 Å². The molecule has 0 aromatic carbocycles. The Labute approximate surface area is 52.2 Å². The molecule has 0 aromatic rings. The highest BCUT2D eigenvalue weighted by Gasteiger charge is 2.10. The van der Waals surface area contributed by atoms with E-state index in [1.165, 1.54) is 0 Å². The fourth-order valence-electron chi connectivity index (χ4n) is 0.415. The van der Waals surface area contributed by atoms with Crippen molar-refractivity contribution >= 4 is 17.0 Å². The number of halogens is 1. The van der Waals surface area contributed by atoms with Gasteiger partial charge in [-0.15, -0.1) is 0 Å². The molecule has 0 aromatic heterocycles. The predicted molar refractivity (Wildman–Crippen MR) is 29.8 cm³/mol. The zero-order chi connectivity index (χ0) is 5.98. The van der Waals surface area contributed by atoms with Gasteiger partial charge in [-0.1, -0.05) is 0 Å². The lowest BCUT2D eigenvalue weighted by Gasteiger charge is -2.15. The molecule has 8 heavy (non-hydrogen) atoms. The largest absolute Gasteiger partial charge is 0.460 e. The molecule has 0 spiro atoms. The first-order valence-corrected chi connectivity index (χ1v) is 2.69. The van der Waals surface area contributed by atoms with Gasteiger partial charge in [-0.25, -0.2) is 0 Å². The van der Waals surface area contributed by atoms with Crippen LogP contribution >= 0.6 is 11.6 Å². The van der Waals surface area contributed by atoms with Crippen LogP contribution in [-0.4, -0.2) is 18.1 Å². The van der Waals surface area contributed by atoms with Crippen molar-refractivity contribution in [2.75, 3.05) is 6.61 Å². The Morgan fingerprint density at radius 3 is 3.00 bits per heavy atom. The molecule has 0 bridgehead atoms. The first-order valence-electron chi connectivity index (χ1n) is 2.31. The van der Waals surface area contributed by atoms with Gasteiger partial charge in [0.25, 0.3) is 0 Å². The van der Waals surface area contributed by atoms with E-state index < -0.39 is 0 Å². The van der Waals surface area contributed by atoms with Gasteiger partial charge in [0.05, 0.1) is 0 Å². The van der Waals surface area contributed by atoms with Gasteiger partial charge in [0, 0.05) is 0 Å². The smallest absolute Gasteiger partial charge is 0.322 e. The third-order valence-electron chi connectivity index (χ3n) is 0.744. The maximum atomic E-state index is 5.31. The maximum Gasteiger partial charge on any atom is 0.322 e. The SMILES string of the molecule is CC1CON=C(Cl)O1. The number of nitrogens with zero attached hydrogens (tertiary/aromatic N) is 1. The molecule has 1 unspecified atom stereocenters. The zero-order valence-corrected chi connectivity index (χ0v) is 5.18. The van der Waals surface area contributed by atoms with E-state index in [-0.39, 0.29) is 11.5 Å². The molecule has 0 saturated heterocycles. The highest BCUT2D eigenvalue weighted by Crippen LogP contribution is 2.03. The molecule has 1 aliphatic heterocycles. The summed E-state index contributed by atoms with van der Waals surface area (Å²) in [6.45, 7) is 2.34. The second-order valence-corrected chi connectivity index (χ2v) is 1.89. The number of oxime groups is 1. The van der Waals surface area contributed by atoms with Crippen molar-refractivity contribution in [1.29, 1.82) is 0 Å². The van der Waals surface area contributed by atoms with Crippen LogP contribution in [0.25, 0.3) is 0 Å². The minimum atomic E-state index is 0.0278. The average Bonchev–Trinajstić information content (AvgIpc) is 1.64. The lowest BCUT2D eigenvalue weighted by molar-refractivity contribution is 0.0229. The Morgan fingerprint density at radius 2 is 2.62 bits per heavy atom. The van der Waals surface area contributed by atoms with Crippen molar-refractivity contribution in [3.05, 3.63) is 0 Å². The molecule has 3 nitrogen and oxygen atoms in total. The Morgan fingerprint density at radius 1 is 1.88 bits per heavy atom. The molecule has 4 heteroatoms. The first kappa shape index (κ1) is 5.69. The summed E-state index contributed by atoms with van der Waals surface area (Å²) >= 11 is 5.31. The predicted octanol–water partition coefficient (Wildman–Crippen LogP) is 0.931. The normalized spacial score (nSPS) is 27.8. The van der Waals surface area contributed by atoms with Crippen LogP contribution in [0, 0.1) is 0 Å². The lowest BCUT2D eigenvalue weighted by Crippen LogP contribution is -2.21. The van der Waals surface area contributed by atoms with Crippen molar-refractivity contribution in [2.24, 2.45) is 5.16 Å². The number of ether oxygens (including phenoxy) is 1. The van der Waals surface area contributed by atoms with Crippen LogP contribution in [-0.2, 0) is 9.57 Å². The summed E-state index contributed by atoms with van der Waals surface area (Å²) in [6, 6.07) is 0. The van der Waals surface area contributed by atoms with E-state index in [1.54, 1.807) is 0 Å². The molecule has 0 aliphatic carbocycles. The van der Waals surface area contributed by atoms with Crippen LogP contribution in [0.4, 0.5) is 0 Å².